The molecule has 0 aromatic carbocycles. The van der Waals surface area contributed by atoms with Gasteiger partial charge in [0.05, 0.1) is 17.7 Å². The summed E-state index contributed by atoms with van der Waals surface area (Å²) in [4.78, 5) is 34.4. The third-order valence-corrected chi connectivity index (χ3v) is 6.44. The average molecular weight is 318 g/mol. The Morgan fingerprint density at radius 2 is 2.05 bits per heavy atom. The molecule has 1 saturated heterocycles. The zero-order valence-electron chi connectivity index (χ0n) is 11.6. The molecular weight excluding hydrogens is 300 g/mol. The Morgan fingerprint density at radius 3 is 2.62 bits per heavy atom. The van der Waals surface area contributed by atoms with Gasteiger partial charge in [-0.25, -0.2) is 8.42 Å². The molecule has 1 saturated carbocycles. The third kappa shape index (κ3) is 2.80. The van der Waals surface area contributed by atoms with Crippen LogP contribution in [0.1, 0.15) is 32.6 Å². The van der Waals surface area contributed by atoms with E-state index in [1.165, 1.54) is 0 Å². The lowest BCUT2D eigenvalue weighted by atomic mass is 10.1. The van der Waals surface area contributed by atoms with E-state index >= 15 is 0 Å². The second-order valence-electron chi connectivity index (χ2n) is 5.34. The van der Waals surface area contributed by atoms with Crippen LogP contribution in [0.4, 0.5) is 0 Å². The zero-order chi connectivity index (χ0) is 15.8. The van der Waals surface area contributed by atoms with Crippen LogP contribution >= 0.6 is 0 Å². The monoisotopic (exact) mass is 318 g/mol. The molecule has 3 unspecified atom stereocenters. The maximum atomic E-state index is 12.7. The minimum atomic E-state index is -4.01. The van der Waals surface area contributed by atoms with E-state index in [0.29, 0.717) is 12.8 Å². The number of carbonyl (C=O) groups is 3. The van der Waals surface area contributed by atoms with Crippen molar-refractivity contribution in [2.75, 3.05) is 6.54 Å². The van der Waals surface area contributed by atoms with Gasteiger partial charge in [0.1, 0.15) is 6.04 Å². The Bertz CT molecular complexity index is 572. The van der Waals surface area contributed by atoms with E-state index in [2.05, 4.69) is 5.32 Å². The first-order chi connectivity index (χ1) is 9.78. The van der Waals surface area contributed by atoms with Crippen LogP contribution in [0.15, 0.2) is 0 Å². The summed E-state index contributed by atoms with van der Waals surface area (Å²) in [6, 6.07) is -0.956. The van der Waals surface area contributed by atoms with Gasteiger partial charge in [0.25, 0.3) is 0 Å². The molecule has 8 nitrogen and oxygen atoms in total. The quantitative estimate of drug-likeness (QED) is 0.662. The van der Waals surface area contributed by atoms with Gasteiger partial charge in [-0.2, -0.15) is 4.31 Å². The molecule has 0 bridgehead atoms. The number of piperazine rings is 1. The average Bonchev–Trinajstić information content (AvgIpc) is 2.87. The van der Waals surface area contributed by atoms with Gasteiger partial charge in [-0.15, -0.1) is 0 Å². The summed E-state index contributed by atoms with van der Waals surface area (Å²) in [5.41, 5.74) is 0. The summed E-state index contributed by atoms with van der Waals surface area (Å²) in [5, 5.41) is 10.2. The number of aliphatic carboxylic acids is 1. The molecule has 2 amide bonds. The van der Waals surface area contributed by atoms with Crippen LogP contribution in [0.5, 0.6) is 0 Å². The molecule has 2 aliphatic rings. The number of carboxylic acids is 1. The molecule has 1 heterocycles. The first kappa shape index (κ1) is 15.9. The summed E-state index contributed by atoms with van der Waals surface area (Å²) in [6.45, 7) is 1.21. The predicted molar refractivity (Wildman–Crippen MR) is 71.6 cm³/mol. The van der Waals surface area contributed by atoms with Crippen LogP contribution in [0, 0.1) is 5.92 Å². The van der Waals surface area contributed by atoms with E-state index in [9.17, 15) is 22.8 Å². The van der Waals surface area contributed by atoms with Crippen LogP contribution in [-0.2, 0) is 24.4 Å². The fraction of sp³-hybridized carbons (Fsp3) is 0.750. The van der Waals surface area contributed by atoms with Gasteiger partial charge in [-0.1, -0.05) is 13.3 Å². The standard InChI is InChI=1S/C12H18N2O6S/c1-2-8-11(16)13-10(15)6-14(8)21(19,20)9-5-3-4-7(9)12(17)18/h7-9H,2-6H2,1H3,(H,17,18)(H,13,15,16). The van der Waals surface area contributed by atoms with Crippen molar-refractivity contribution < 1.29 is 27.9 Å². The van der Waals surface area contributed by atoms with E-state index in [-0.39, 0.29) is 12.8 Å². The highest BCUT2D eigenvalue weighted by molar-refractivity contribution is 7.89. The number of hydrogen-bond donors (Lipinski definition) is 2. The van der Waals surface area contributed by atoms with Crippen molar-refractivity contribution in [3.8, 4) is 0 Å². The lowest BCUT2D eigenvalue weighted by Crippen LogP contribution is -2.61. The second-order valence-corrected chi connectivity index (χ2v) is 7.45. The molecule has 2 rings (SSSR count). The molecule has 0 radical (unpaired) electrons. The van der Waals surface area contributed by atoms with E-state index in [1.807, 2.05) is 0 Å². The molecule has 21 heavy (non-hydrogen) atoms. The van der Waals surface area contributed by atoms with Crippen LogP contribution < -0.4 is 5.32 Å². The smallest absolute Gasteiger partial charge is 0.307 e. The van der Waals surface area contributed by atoms with E-state index in [0.717, 1.165) is 4.31 Å². The van der Waals surface area contributed by atoms with Gasteiger partial charge in [0.15, 0.2) is 0 Å². The minimum absolute atomic E-state index is 0.225. The summed E-state index contributed by atoms with van der Waals surface area (Å²) in [6.07, 6.45) is 1.26. The summed E-state index contributed by atoms with van der Waals surface area (Å²) >= 11 is 0. The maximum Gasteiger partial charge on any atom is 0.307 e. The van der Waals surface area contributed by atoms with Gasteiger partial charge in [0.2, 0.25) is 21.8 Å². The van der Waals surface area contributed by atoms with E-state index < -0.39 is 51.6 Å². The molecule has 0 spiro atoms. The molecule has 1 aliphatic heterocycles. The summed E-state index contributed by atoms with van der Waals surface area (Å²) < 4.78 is 26.3. The molecule has 1 aliphatic carbocycles. The predicted octanol–water partition coefficient (Wildman–Crippen LogP) is -0.693. The number of imide groups is 1. The van der Waals surface area contributed by atoms with Crippen LogP contribution in [-0.4, -0.2) is 53.4 Å². The molecule has 118 valence electrons. The van der Waals surface area contributed by atoms with Crippen molar-refractivity contribution in [1.29, 1.82) is 0 Å². The molecule has 2 fully saturated rings. The van der Waals surface area contributed by atoms with E-state index in [4.69, 9.17) is 5.11 Å². The fourth-order valence-electron chi connectivity index (χ4n) is 3.04. The number of hydrogen-bond acceptors (Lipinski definition) is 5. The Kier molecular flexibility index (Phi) is 4.33. The second kappa shape index (κ2) is 5.72. The van der Waals surface area contributed by atoms with Gasteiger partial charge < -0.3 is 5.11 Å². The summed E-state index contributed by atoms with van der Waals surface area (Å²) in [7, 11) is -4.01. The van der Waals surface area contributed by atoms with Crippen LogP contribution in [0.25, 0.3) is 0 Å². The minimum Gasteiger partial charge on any atom is -0.481 e. The van der Waals surface area contributed by atoms with Gasteiger partial charge in [0, 0.05) is 0 Å². The van der Waals surface area contributed by atoms with Gasteiger partial charge >= 0.3 is 5.97 Å². The number of sulfonamides is 1. The van der Waals surface area contributed by atoms with Gasteiger partial charge in [-0.05, 0) is 19.3 Å². The highest BCUT2D eigenvalue weighted by Gasteiger charge is 2.49. The summed E-state index contributed by atoms with van der Waals surface area (Å²) in [5.74, 6) is -3.46. The number of rotatable bonds is 4. The SMILES string of the molecule is CCC1C(=O)NC(=O)CN1S(=O)(=O)C1CCCC1C(=O)O. The maximum absolute atomic E-state index is 12.7. The molecule has 3 atom stereocenters. The zero-order valence-corrected chi connectivity index (χ0v) is 12.4. The van der Waals surface area contributed by atoms with Gasteiger partial charge in [-0.3, -0.25) is 19.7 Å². The lowest BCUT2D eigenvalue weighted by Gasteiger charge is -2.35. The van der Waals surface area contributed by atoms with Crippen molar-refractivity contribution in [2.24, 2.45) is 5.92 Å². The topological polar surface area (TPSA) is 121 Å². The molecule has 9 heteroatoms. The normalized spacial score (nSPS) is 31.2. The van der Waals surface area contributed by atoms with Crippen molar-refractivity contribution >= 4 is 27.8 Å². The van der Waals surface area contributed by atoms with Crippen molar-refractivity contribution in [1.82, 2.24) is 9.62 Å². The first-order valence-corrected chi connectivity index (χ1v) is 8.36. The Balaban J connectivity index is 2.34. The third-order valence-electron chi connectivity index (χ3n) is 4.08. The highest BCUT2D eigenvalue weighted by Crippen LogP contribution is 2.34. The largest absolute Gasteiger partial charge is 0.481 e. The van der Waals surface area contributed by atoms with E-state index in [1.54, 1.807) is 6.92 Å². The fourth-order valence-corrected chi connectivity index (χ4v) is 5.41. The Morgan fingerprint density at radius 1 is 1.38 bits per heavy atom. The number of nitrogens with one attached hydrogen (secondary N) is 1. The lowest BCUT2D eigenvalue weighted by molar-refractivity contribution is -0.141. The Hall–Kier alpha value is -1.48. The molecular formula is C12H18N2O6S. The molecule has 2 N–H and O–H groups in total. The number of nitrogens with zero attached hydrogens (tertiary/aromatic N) is 1. The molecule has 0 aromatic rings. The Labute approximate surface area is 122 Å². The number of amides is 2. The van der Waals surface area contributed by atoms with Crippen molar-refractivity contribution in [2.45, 2.75) is 43.9 Å². The first-order valence-electron chi connectivity index (χ1n) is 6.86. The van der Waals surface area contributed by atoms with Crippen LogP contribution in [0.3, 0.4) is 0 Å². The van der Waals surface area contributed by atoms with Crippen LogP contribution in [0.2, 0.25) is 0 Å². The van der Waals surface area contributed by atoms with Crippen molar-refractivity contribution in [3.63, 3.8) is 0 Å². The number of carbonyl (C=O) groups excluding carboxylic acids is 2. The highest BCUT2D eigenvalue weighted by atomic mass is 32.2. The molecule has 0 aromatic heterocycles. The number of carboxylic acid groups (broad SMARTS) is 1. The van der Waals surface area contributed by atoms with Crippen molar-refractivity contribution in [3.05, 3.63) is 0 Å².